The fraction of sp³-hybridized carbons (Fsp3) is 0.583. The number of carbonyl (C=O) groups is 5. The third-order valence-corrected chi connectivity index (χ3v) is 6.71. The van der Waals surface area contributed by atoms with E-state index in [-0.39, 0.29) is 30.8 Å². The second-order valence-electron chi connectivity index (χ2n) is 10.8. The Hall–Kier alpha value is -3.97. The van der Waals surface area contributed by atoms with E-state index in [1.165, 1.54) is 30.0 Å². The quantitative estimate of drug-likeness (QED) is 0.122. The molecule has 10 nitrogen and oxygen atoms in total. The highest BCUT2D eigenvalue weighted by atomic mass is 16.2. The third kappa shape index (κ3) is 17.5. The van der Waals surface area contributed by atoms with Crippen molar-refractivity contribution in [3.05, 3.63) is 48.0 Å². The molecule has 0 bridgehead atoms. The van der Waals surface area contributed by atoms with Crippen molar-refractivity contribution in [3.8, 4) is 12.3 Å². The first-order valence-electron chi connectivity index (χ1n) is 16.5. The Labute approximate surface area is 277 Å². The van der Waals surface area contributed by atoms with Crippen LogP contribution in [0.1, 0.15) is 91.2 Å². The van der Waals surface area contributed by atoms with Crippen LogP contribution in [0.15, 0.2) is 36.9 Å². The van der Waals surface area contributed by atoms with Crippen molar-refractivity contribution in [2.75, 3.05) is 20.1 Å². The molecule has 1 saturated heterocycles. The molecule has 1 aromatic rings. The molecule has 1 aliphatic carbocycles. The molecule has 4 amide bonds. The number of primary amides is 1. The Kier molecular flexibility index (Phi) is 26.3. The Bertz CT molecular complexity index is 1070. The molecule has 46 heavy (non-hydrogen) atoms. The van der Waals surface area contributed by atoms with Gasteiger partial charge < -0.3 is 26.5 Å². The minimum atomic E-state index is -0.887. The molecular weight excluding hydrogens is 582 g/mol. The van der Waals surface area contributed by atoms with Crippen molar-refractivity contribution in [2.24, 2.45) is 11.7 Å². The summed E-state index contributed by atoms with van der Waals surface area (Å²) < 4.78 is 0. The number of hydrogen-bond acceptors (Lipinski definition) is 6. The third-order valence-electron chi connectivity index (χ3n) is 6.71. The molecular formula is C36H59N5O5. The first kappa shape index (κ1) is 44.2. The first-order valence-corrected chi connectivity index (χ1v) is 16.5. The minimum absolute atomic E-state index is 0.127. The van der Waals surface area contributed by atoms with Crippen LogP contribution in [0.25, 0.3) is 0 Å². The van der Waals surface area contributed by atoms with Gasteiger partial charge in [0, 0.05) is 13.0 Å². The van der Waals surface area contributed by atoms with Crippen LogP contribution in [0.3, 0.4) is 0 Å². The summed E-state index contributed by atoms with van der Waals surface area (Å²) in [6.07, 6.45) is 13.8. The van der Waals surface area contributed by atoms with Crippen LogP contribution in [0.5, 0.6) is 0 Å². The van der Waals surface area contributed by atoms with Crippen LogP contribution in [0.2, 0.25) is 0 Å². The molecule has 1 aliphatic heterocycles. The summed E-state index contributed by atoms with van der Waals surface area (Å²) in [6.45, 7) is 17.0. The first-order chi connectivity index (χ1) is 22.0. The van der Waals surface area contributed by atoms with E-state index >= 15 is 0 Å². The molecule has 2 aliphatic rings. The summed E-state index contributed by atoms with van der Waals surface area (Å²) in [5.41, 5.74) is 7.54. The predicted molar refractivity (Wildman–Crippen MR) is 187 cm³/mol. The Morgan fingerprint density at radius 1 is 1.07 bits per heavy atom. The van der Waals surface area contributed by atoms with Gasteiger partial charge in [0.1, 0.15) is 6.29 Å². The smallest absolute Gasteiger partial charge is 0.312 e. The average Bonchev–Trinajstić information content (AvgIpc) is 3.68. The van der Waals surface area contributed by atoms with Crippen LogP contribution in [-0.4, -0.2) is 73.1 Å². The van der Waals surface area contributed by atoms with Crippen LogP contribution in [0.4, 0.5) is 4.79 Å². The largest absolute Gasteiger partial charge is 0.352 e. The number of nitrogens with one attached hydrogen (secondary N) is 3. The number of rotatable bonds is 11. The molecule has 3 atom stereocenters. The van der Waals surface area contributed by atoms with Crippen molar-refractivity contribution in [1.82, 2.24) is 20.9 Å². The molecule has 1 heterocycles. The predicted octanol–water partition coefficient (Wildman–Crippen LogP) is 4.35. The number of fused-ring (bicyclic) bond motifs is 1. The number of likely N-dealkylation sites (tertiary alicyclic amines) is 1. The molecule has 1 aromatic carbocycles. The Morgan fingerprint density at radius 2 is 1.61 bits per heavy atom. The maximum absolute atomic E-state index is 12.3. The second-order valence-corrected chi connectivity index (χ2v) is 10.8. The molecule has 10 heteroatoms. The summed E-state index contributed by atoms with van der Waals surface area (Å²) in [5, 5.41) is 7.57. The maximum atomic E-state index is 12.3. The zero-order chi connectivity index (χ0) is 35.5. The number of amides is 4. The van der Waals surface area contributed by atoms with Crippen molar-refractivity contribution >= 4 is 29.9 Å². The van der Waals surface area contributed by atoms with E-state index in [1.54, 1.807) is 0 Å². The van der Waals surface area contributed by atoms with Crippen molar-refractivity contribution in [3.63, 3.8) is 0 Å². The van der Waals surface area contributed by atoms with Gasteiger partial charge in [-0.05, 0) is 62.7 Å². The van der Waals surface area contributed by atoms with Crippen molar-refractivity contribution in [1.29, 1.82) is 0 Å². The number of ketones is 1. The normalized spacial score (nSPS) is 15.7. The highest BCUT2D eigenvalue weighted by molar-refractivity contribution is 6.38. The van der Waals surface area contributed by atoms with E-state index in [0.717, 1.165) is 38.5 Å². The number of nitrogens with two attached hydrogens (primary N) is 1. The van der Waals surface area contributed by atoms with Gasteiger partial charge in [0.05, 0.1) is 18.1 Å². The number of likely N-dealkylation sites (N-methyl/N-ethyl adjacent to an activating group) is 1. The van der Waals surface area contributed by atoms with Gasteiger partial charge in [-0.3, -0.25) is 19.3 Å². The van der Waals surface area contributed by atoms with E-state index < -0.39 is 29.8 Å². The molecule has 5 N–H and O–H groups in total. The molecule has 3 rings (SSSR count). The lowest BCUT2D eigenvalue weighted by Gasteiger charge is -2.22. The monoisotopic (exact) mass is 641 g/mol. The Morgan fingerprint density at radius 3 is 2.02 bits per heavy atom. The number of aldehydes is 1. The van der Waals surface area contributed by atoms with E-state index in [0.29, 0.717) is 6.42 Å². The molecule has 1 fully saturated rings. The number of nitrogens with zero attached hydrogens (tertiary/aromatic N) is 1. The highest BCUT2D eigenvalue weighted by Gasteiger charge is 2.32. The van der Waals surface area contributed by atoms with Crippen molar-refractivity contribution in [2.45, 2.75) is 111 Å². The molecule has 0 radical (unpaired) electrons. The lowest BCUT2D eigenvalue weighted by atomic mass is 9.98. The number of hydrogen-bond donors (Lipinski definition) is 4. The summed E-state index contributed by atoms with van der Waals surface area (Å²) in [7, 11) is 1.87. The van der Waals surface area contributed by atoms with Gasteiger partial charge in [-0.2, -0.15) is 0 Å². The van der Waals surface area contributed by atoms with Crippen LogP contribution in [-0.2, 0) is 32.0 Å². The van der Waals surface area contributed by atoms with Gasteiger partial charge in [-0.15, -0.1) is 18.9 Å². The topological polar surface area (TPSA) is 151 Å². The van der Waals surface area contributed by atoms with Gasteiger partial charge in [0.15, 0.2) is 0 Å². The molecule has 258 valence electrons. The lowest BCUT2D eigenvalue weighted by molar-refractivity contribution is -0.140. The van der Waals surface area contributed by atoms with Gasteiger partial charge in [-0.25, -0.2) is 4.79 Å². The zero-order valence-corrected chi connectivity index (χ0v) is 29.2. The molecule has 0 saturated carbocycles. The van der Waals surface area contributed by atoms with Gasteiger partial charge in [0.25, 0.3) is 5.91 Å². The van der Waals surface area contributed by atoms with E-state index in [4.69, 9.17) is 12.2 Å². The van der Waals surface area contributed by atoms with E-state index in [1.807, 2.05) is 37.9 Å². The van der Waals surface area contributed by atoms with Crippen LogP contribution >= 0.6 is 0 Å². The van der Waals surface area contributed by atoms with Crippen LogP contribution < -0.4 is 21.7 Å². The summed E-state index contributed by atoms with van der Waals surface area (Å²) >= 11 is 0. The fourth-order valence-corrected chi connectivity index (χ4v) is 4.69. The molecule has 3 unspecified atom stereocenters. The van der Waals surface area contributed by atoms with E-state index in [2.05, 4.69) is 68.3 Å². The van der Waals surface area contributed by atoms with Crippen LogP contribution in [0, 0.1) is 18.3 Å². The highest BCUT2D eigenvalue weighted by Crippen LogP contribution is 2.28. The second kappa shape index (κ2) is 27.3. The number of terminal acetylenes is 1. The zero-order valence-electron chi connectivity index (χ0n) is 29.2. The lowest BCUT2D eigenvalue weighted by Crippen LogP contribution is -2.51. The summed E-state index contributed by atoms with van der Waals surface area (Å²) in [5.74, 6) is 0.913. The maximum Gasteiger partial charge on any atom is 0.312 e. The molecule has 0 aromatic heterocycles. The summed E-state index contributed by atoms with van der Waals surface area (Å²) in [6, 6.07) is 5.82. The number of Topliss-reactive ketones (excluding diaryl/α,β-unsaturated/α-hetero) is 1. The number of benzene rings is 1. The average molecular weight is 642 g/mol. The molecule has 0 spiro atoms. The minimum Gasteiger partial charge on any atom is -0.352 e. The van der Waals surface area contributed by atoms with Gasteiger partial charge in [-0.1, -0.05) is 84.7 Å². The van der Waals surface area contributed by atoms with Gasteiger partial charge >= 0.3 is 6.03 Å². The SMILES string of the molecule is C#CCCC(NC(=O)C1CCCN1C)C(=O)C(=O)NCC=C.CC.CCC.CCC.NC(=O)NC(C=O)C1Cc2ccccc2C1. The van der Waals surface area contributed by atoms with E-state index in [9.17, 15) is 24.0 Å². The Balaban J connectivity index is 0. The number of carbonyl (C=O) groups excluding carboxylic acids is 5. The number of urea groups is 1. The fourth-order valence-electron chi connectivity index (χ4n) is 4.69. The summed E-state index contributed by atoms with van der Waals surface area (Å²) in [4.78, 5) is 59.8. The van der Waals surface area contributed by atoms with Gasteiger partial charge in [0.2, 0.25) is 11.7 Å². The van der Waals surface area contributed by atoms with Crippen molar-refractivity contribution < 1.29 is 24.0 Å². The standard InChI is InChI=1S/C16H23N3O3.C12H14N2O2.2C3H8.C2H6/c1-4-6-8-12(14(20)16(22)17-10-5-2)18-15(21)13-9-7-11-19(13)3;13-12(16)14-11(7-15)10-5-8-3-1-2-4-9(8)6-10;2*1-3-2;1-2/h1,5,12-13H,2,6-11H2,3H3,(H,17,22)(H,18,21);1-4,7,10-11H,5-6H2,(H3,13,14,16);2*3H2,1-2H3;1-2H3.